The van der Waals surface area contributed by atoms with E-state index in [1.807, 2.05) is 0 Å². The average molecular weight is 333 g/mol. The van der Waals surface area contributed by atoms with Gasteiger partial charge in [-0.05, 0) is 16.7 Å². The van der Waals surface area contributed by atoms with Crippen molar-refractivity contribution in [3.63, 3.8) is 0 Å². The first kappa shape index (κ1) is 17.3. The van der Waals surface area contributed by atoms with Gasteiger partial charge < -0.3 is 5.73 Å². The van der Waals surface area contributed by atoms with Crippen LogP contribution in [0.25, 0.3) is 0 Å². The van der Waals surface area contributed by atoms with E-state index >= 15 is 0 Å². The molecule has 1 nitrogen and oxygen atoms in total. The fourth-order valence-corrected chi connectivity index (χ4v) is 2.56. The molecule has 0 radical (unpaired) electrons. The van der Waals surface area contributed by atoms with Crippen LogP contribution in [0.15, 0.2) is 54.6 Å². The number of benzene rings is 2. The molecule has 2 rings (SSSR count). The van der Waals surface area contributed by atoms with Crippen molar-refractivity contribution in [2.24, 2.45) is 5.73 Å². The molecule has 0 aliphatic heterocycles. The highest BCUT2D eigenvalue weighted by Crippen LogP contribution is 2.56. The van der Waals surface area contributed by atoms with Gasteiger partial charge in [0.2, 0.25) is 5.41 Å². The molecule has 2 aromatic rings. The molecule has 0 aliphatic rings. The average Bonchev–Trinajstić information content (AvgIpc) is 2.47. The van der Waals surface area contributed by atoms with E-state index in [0.717, 1.165) is 36.4 Å². The van der Waals surface area contributed by atoms with Gasteiger partial charge in [-0.3, -0.25) is 0 Å². The lowest BCUT2D eigenvalue weighted by Gasteiger charge is -2.38. The van der Waals surface area contributed by atoms with Crippen LogP contribution >= 0.6 is 0 Å². The minimum atomic E-state index is -5.56. The van der Waals surface area contributed by atoms with Gasteiger partial charge in [-0.15, -0.1) is 0 Å². The van der Waals surface area contributed by atoms with Gasteiger partial charge in [0.15, 0.2) is 0 Å². The molecule has 0 heterocycles. The lowest BCUT2D eigenvalue weighted by molar-refractivity contribution is -0.288. The molecule has 0 saturated carbocycles. The first-order valence-corrected chi connectivity index (χ1v) is 6.63. The molecule has 124 valence electrons. The second-order valence-electron chi connectivity index (χ2n) is 5.01. The van der Waals surface area contributed by atoms with Gasteiger partial charge in [0.05, 0.1) is 0 Å². The fraction of sp³-hybridized carbons (Fsp3) is 0.250. The third-order valence-electron chi connectivity index (χ3n) is 3.68. The zero-order valence-corrected chi connectivity index (χ0v) is 11.7. The van der Waals surface area contributed by atoms with Crippen LogP contribution in [0, 0.1) is 0 Å². The summed E-state index contributed by atoms with van der Waals surface area (Å²) in [6.45, 7) is 0.0245. The Morgan fingerprint density at radius 1 is 0.652 bits per heavy atom. The standard InChI is InChI=1S/C16H13F6N/c17-15(18,19)14(16(20,21)22,12-4-2-1-3-5-12)13-8-6-11(10-23)7-9-13/h1-9H,10,23H2. The van der Waals surface area contributed by atoms with Crippen molar-refractivity contribution >= 4 is 0 Å². The molecule has 0 unspecified atom stereocenters. The number of alkyl halides is 6. The smallest absolute Gasteiger partial charge is 0.326 e. The summed E-state index contributed by atoms with van der Waals surface area (Å²) in [5, 5.41) is 0. The van der Waals surface area contributed by atoms with Crippen LogP contribution < -0.4 is 5.73 Å². The van der Waals surface area contributed by atoms with Crippen LogP contribution in [0.4, 0.5) is 26.3 Å². The fourth-order valence-electron chi connectivity index (χ4n) is 2.56. The van der Waals surface area contributed by atoms with Crippen LogP contribution in [0.5, 0.6) is 0 Å². The molecule has 0 atom stereocenters. The van der Waals surface area contributed by atoms with Gasteiger partial charge in [0.25, 0.3) is 0 Å². The van der Waals surface area contributed by atoms with E-state index in [4.69, 9.17) is 5.73 Å². The maximum Gasteiger partial charge on any atom is 0.411 e. The van der Waals surface area contributed by atoms with Crippen molar-refractivity contribution in [2.75, 3.05) is 0 Å². The summed E-state index contributed by atoms with van der Waals surface area (Å²) in [4.78, 5) is 0. The number of halogens is 6. The summed E-state index contributed by atoms with van der Waals surface area (Å²) in [5.41, 5.74) is -0.0598. The van der Waals surface area contributed by atoms with Crippen molar-refractivity contribution in [1.82, 2.24) is 0 Å². The maximum atomic E-state index is 13.7. The molecule has 0 saturated heterocycles. The van der Waals surface area contributed by atoms with E-state index in [1.165, 1.54) is 18.2 Å². The Hall–Kier alpha value is -2.02. The molecule has 0 amide bonds. The lowest BCUT2D eigenvalue weighted by atomic mass is 9.73. The van der Waals surface area contributed by atoms with E-state index in [9.17, 15) is 26.3 Å². The molecule has 0 fully saturated rings. The zero-order chi connectivity index (χ0) is 17.3. The normalized spacial score (nSPS) is 13.2. The van der Waals surface area contributed by atoms with E-state index in [-0.39, 0.29) is 6.54 Å². The molecule has 0 aliphatic carbocycles. The Kier molecular flexibility index (Phi) is 4.43. The zero-order valence-electron chi connectivity index (χ0n) is 11.7. The summed E-state index contributed by atoms with van der Waals surface area (Å²) in [7, 11) is 0. The van der Waals surface area contributed by atoms with Crippen molar-refractivity contribution in [2.45, 2.75) is 24.3 Å². The number of hydrogen-bond acceptors (Lipinski definition) is 1. The van der Waals surface area contributed by atoms with Gasteiger partial charge in [0, 0.05) is 6.54 Å². The highest BCUT2D eigenvalue weighted by molar-refractivity contribution is 5.44. The van der Waals surface area contributed by atoms with Crippen molar-refractivity contribution < 1.29 is 26.3 Å². The van der Waals surface area contributed by atoms with Crippen molar-refractivity contribution in [1.29, 1.82) is 0 Å². The molecule has 23 heavy (non-hydrogen) atoms. The summed E-state index contributed by atoms with van der Waals surface area (Å²) in [6, 6.07) is 9.32. The van der Waals surface area contributed by atoms with E-state index in [1.54, 1.807) is 0 Å². The molecule has 2 N–H and O–H groups in total. The monoisotopic (exact) mass is 333 g/mol. The summed E-state index contributed by atoms with van der Waals surface area (Å²) < 4.78 is 82.1. The Balaban J connectivity index is 2.82. The first-order valence-electron chi connectivity index (χ1n) is 6.63. The summed E-state index contributed by atoms with van der Waals surface area (Å²) in [5.74, 6) is 0. The number of rotatable bonds is 3. The predicted octanol–water partition coefficient (Wildman–Crippen LogP) is 4.56. The quantitative estimate of drug-likeness (QED) is 0.819. The molecular formula is C16H13F6N. The minimum absolute atomic E-state index is 0.0245. The second kappa shape index (κ2) is 5.88. The largest absolute Gasteiger partial charge is 0.411 e. The summed E-state index contributed by atoms with van der Waals surface area (Å²) >= 11 is 0. The van der Waals surface area contributed by atoms with Gasteiger partial charge in [0.1, 0.15) is 0 Å². The molecule has 2 aromatic carbocycles. The van der Waals surface area contributed by atoms with E-state index < -0.39 is 28.9 Å². The van der Waals surface area contributed by atoms with Gasteiger partial charge in [-0.25, -0.2) is 0 Å². The highest BCUT2D eigenvalue weighted by atomic mass is 19.4. The van der Waals surface area contributed by atoms with Crippen LogP contribution in [0.1, 0.15) is 16.7 Å². The molecule has 0 spiro atoms. The number of hydrogen-bond donors (Lipinski definition) is 1. The number of nitrogens with two attached hydrogens (primary N) is 1. The van der Waals surface area contributed by atoms with Gasteiger partial charge in [-0.1, -0.05) is 54.6 Å². The maximum absolute atomic E-state index is 13.7. The lowest BCUT2D eigenvalue weighted by Crippen LogP contribution is -2.54. The molecular weight excluding hydrogens is 320 g/mol. The van der Waals surface area contributed by atoms with Crippen LogP contribution in [0.2, 0.25) is 0 Å². The van der Waals surface area contributed by atoms with E-state index in [0.29, 0.717) is 5.56 Å². The molecule has 0 aromatic heterocycles. The molecule has 0 bridgehead atoms. The second-order valence-corrected chi connectivity index (χ2v) is 5.01. The Morgan fingerprint density at radius 2 is 1.09 bits per heavy atom. The molecule has 7 heteroatoms. The Labute approximate surface area is 128 Å². The topological polar surface area (TPSA) is 26.0 Å². The minimum Gasteiger partial charge on any atom is -0.326 e. The van der Waals surface area contributed by atoms with Crippen LogP contribution in [0.3, 0.4) is 0 Å². The third-order valence-corrected chi connectivity index (χ3v) is 3.68. The third kappa shape index (κ3) is 2.81. The van der Waals surface area contributed by atoms with Crippen LogP contribution in [-0.2, 0) is 12.0 Å². The van der Waals surface area contributed by atoms with Gasteiger partial charge >= 0.3 is 12.4 Å². The first-order chi connectivity index (χ1) is 10.6. The van der Waals surface area contributed by atoms with Crippen molar-refractivity contribution in [3.8, 4) is 0 Å². The van der Waals surface area contributed by atoms with Gasteiger partial charge in [-0.2, -0.15) is 26.3 Å². The predicted molar refractivity (Wildman–Crippen MR) is 73.7 cm³/mol. The summed E-state index contributed by atoms with van der Waals surface area (Å²) in [6.07, 6.45) is -11.1. The SMILES string of the molecule is NCc1ccc(C(c2ccccc2)(C(F)(F)F)C(F)(F)F)cc1. The Bertz CT molecular complexity index is 629. The Morgan fingerprint density at radius 3 is 1.48 bits per heavy atom. The van der Waals surface area contributed by atoms with Crippen molar-refractivity contribution in [3.05, 3.63) is 71.3 Å². The van der Waals surface area contributed by atoms with Crippen LogP contribution in [-0.4, -0.2) is 12.4 Å². The van der Waals surface area contributed by atoms with E-state index in [2.05, 4.69) is 0 Å². The highest BCUT2D eigenvalue weighted by Gasteiger charge is 2.72.